The van der Waals surface area contributed by atoms with E-state index in [-0.39, 0.29) is 6.61 Å². The van der Waals surface area contributed by atoms with Gasteiger partial charge in [0.25, 0.3) is 0 Å². The molecule has 1 fully saturated rings. The molecule has 0 bridgehead atoms. The van der Waals surface area contributed by atoms with E-state index >= 15 is 0 Å². The van der Waals surface area contributed by atoms with Crippen LogP contribution in [0.25, 0.3) is 0 Å². The van der Waals surface area contributed by atoms with Gasteiger partial charge in [-0.2, -0.15) is 0 Å². The lowest BCUT2D eigenvalue weighted by Gasteiger charge is -2.41. The van der Waals surface area contributed by atoms with Gasteiger partial charge in [0.1, 0.15) is 42.7 Å². The molecule has 1 aliphatic carbocycles. The summed E-state index contributed by atoms with van der Waals surface area (Å²) in [5.41, 5.74) is 0. The van der Waals surface area contributed by atoms with Crippen LogP contribution in [0, 0.1) is 0 Å². The van der Waals surface area contributed by atoms with E-state index in [0.29, 0.717) is 6.61 Å². The molecule has 6 N–H and O–H groups in total. The van der Waals surface area contributed by atoms with E-state index < -0.39 is 63.1 Å². The van der Waals surface area contributed by atoms with Gasteiger partial charge in [-0.1, -0.05) is 103 Å². The minimum atomic E-state index is -4.95. The van der Waals surface area contributed by atoms with Crippen molar-refractivity contribution in [3.8, 4) is 0 Å². The first-order chi connectivity index (χ1) is 20.0. The normalized spacial score (nSPS) is 26.6. The predicted molar refractivity (Wildman–Crippen MR) is 157 cm³/mol. The highest BCUT2D eigenvalue weighted by molar-refractivity contribution is 7.47. The van der Waals surface area contributed by atoms with Crippen LogP contribution in [0.15, 0.2) is 0 Å². The number of carbonyl (C=O) groups excluding carboxylic acids is 1. The Labute approximate surface area is 251 Å². The highest BCUT2D eigenvalue weighted by Crippen LogP contribution is 2.47. The Hall–Kier alpha value is -0.660. The fraction of sp³-hybridized carbons (Fsp3) is 0.966. The molecule has 8 atom stereocenters. The molecule has 0 amide bonds. The van der Waals surface area contributed by atoms with E-state index in [1.807, 2.05) is 0 Å². The zero-order valence-electron chi connectivity index (χ0n) is 25.6. The van der Waals surface area contributed by atoms with Gasteiger partial charge in [-0.3, -0.25) is 13.8 Å². The van der Waals surface area contributed by atoms with E-state index in [0.717, 1.165) is 19.3 Å². The highest BCUT2D eigenvalue weighted by Gasteiger charge is 2.51. The van der Waals surface area contributed by atoms with Gasteiger partial charge in [0.2, 0.25) is 0 Å². The molecule has 0 aliphatic heterocycles. The second-order valence-corrected chi connectivity index (χ2v) is 12.8. The molecule has 0 saturated heterocycles. The number of phosphoric ester groups is 1. The van der Waals surface area contributed by atoms with Crippen molar-refractivity contribution in [3.05, 3.63) is 0 Å². The highest BCUT2D eigenvalue weighted by atomic mass is 31.2. The average molecular weight is 629 g/mol. The molecule has 0 heterocycles. The van der Waals surface area contributed by atoms with E-state index in [4.69, 9.17) is 18.5 Å². The molecule has 42 heavy (non-hydrogen) atoms. The van der Waals surface area contributed by atoms with Gasteiger partial charge in [-0.05, 0) is 6.42 Å². The van der Waals surface area contributed by atoms with E-state index in [2.05, 4.69) is 6.92 Å². The molecule has 0 aromatic heterocycles. The predicted octanol–water partition coefficient (Wildman–Crippen LogP) is 3.52. The molecule has 1 saturated carbocycles. The molecule has 0 spiro atoms. The lowest BCUT2D eigenvalue weighted by molar-refractivity contribution is -0.220. The summed E-state index contributed by atoms with van der Waals surface area (Å²) in [6.07, 6.45) is 7.52. The number of hydrogen-bond donors (Lipinski definition) is 6. The smallest absolute Gasteiger partial charge is 0.458 e. The molecule has 12 nitrogen and oxygen atoms in total. The number of aliphatic hydroxyl groups excluding tert-OH is 5. The van der Waals surface area contributed by atoms with Gasteiger partial charge < -0.3 is 39.9 Å². The van der Waals surface area contributed by atoms with Crippen LogP contribution >= 0.6 is 7.82 Å². The molecule has 1 rings (SSSR count). The molecule has 250 valence electrons. The standard InChI is InChI=1S/C29H57O12P/c1-3-4-5-6-7-8-9-10-11-12-13-14-15-16-17-18-19-38-20-23(40-22(2)30)21-39-42(36,37)41-29-27(34)25(32)24(31)26(33)28(29)35/h23-29,31-35H,3-21H2,1-2H3,(H,36,37)/t23?,24?,25-,26+,27-,28-,29?/m1/s1. The number of unbranched alkanes of at least 4 members (excludes halogenated alkanes) is 15. The van der Waals surface area contributed by atoms with Crippen LogP contribution in [0.1, 0.15) is 117 Å². The zero-order chi connectivity index (χ0) is 31.4. The monoisotopic (exact) mass is 628 g/mol. The number of esters is 1. The van der Waals surface area contributed by atoms with Crippen LogP contribution in [-0.2, 0) is 27.9 Å². The molecular weight excluding hydrogens is 571 g/mol. The maximum atomic E-state index is 12.4. The van der Waals surface area contributed by atoms with Gasteiger partial charge in [-0.25, -0.2) is 4.57 Å². The van der Waals surface area contributed by atoms with Crippen molar-refractivity contribution in [1.29, 1.82) is 0 Å². The summed E-state index contributed by atoms with van der Waals surface area (Å²) < 4.78 is 32.6. The average Bonchev–Trinajstić information content (AvgIpc) is 2.95. The van der Waals surface area contributed by atoms with Crippen LogP contribution in [0.3, 0.4) is 0 Å². The van der Waals surface area contributed by atoms with E-state index in [1.54, 1.807) is 0 Å². The molecule has 0 aromatic carbocycles. The van der Waals surface area contributed by atoms with Crippen LogP contribution in [-0.4, -0.2) is 98.9 Å². The fourth-order valence-electron chi connectivity index (χ4n) is 5.00. The third-order valence-corrected chi connectivity index (χ3v) is 8.52. The Morgan fingerprint density at radius 1 is 0.667 bits per heavy atom. The summed E-state index contributed by atoms with van der Waals surface area (Å²) in [7, 11) is -4.95. The van der Waals surface area contributed by atoms with Crippen molar-refractivity contribution in [3.63, 3.8) is 0 Å². The summed E-state index contributed by atoms with van der Waals surface area (Å²) in [6, 6.07) is 0. The van der Waals surface area contributed by atoms with Gasteiger partial charge in [0.15, 0.2) is 0 Å². The molecule has 0 radical (unpaired) electrons. The summed E-state index contributed by atoms with van der Waals surface area (Å²) in [5, 5.41) is 49.1. The lowest BCUT2D eigenvalue weighted by Crippen LogP contribution is -2.64. The van der Waals surface area contributed by atoms with E-state index in [9.17, 15) is 39.8 Å². The Morgan fingerprint density at radius 3 is 1.50 bits per heavy atom. The topological polar surface area (TPSA) is 192 Å². The Balaban J connectivity index is 2.16. The lowest BCUT2D eigenvalue weighted by atomic mass is 9.85. The third kappa shape index (κ3) is 17.0. The van der Waals surface area contributed by atoms with Crippen LogP contribution < -0.4 is 0 Å². The second kappa shape index (κ2) is 22.8. The molecular formula is C29H57O12P. The number of aliphatic hydroxyl groups is 5. The summed E-state index contributed by atoms with van der Waals surface area (Å²) in [4.78, 5) is 21.5. The Kier molecular flexibility index (Phi) is 21.4. The Morgan fingerprint density at radius 2 is 1.07 bits per heavy atom. The zero-order valence-corrected chi connectivity index (χ0v) is 26.5. The summed E-state index contributed by atoms with van der Waals surface area (Å²) >= 11 is 0. The van der Waals surface area contributed by atoms with Gasteiger partial charge in [0, 0.05) is 13.5 Å². The van der Waals surface area contributed by atoms with Crippen molar-refractivity contribution in [2.24, 2.45) is 0 Å². The van der Waals surface area contributed by atoms with Crippen molar-refractivity contribution in [2.45, 2.75) is 159 Å². The van der Waals surface area contributed by atoms with Crippen LogP contribution in [0.4, 0.5) is 0 Å². The minimum Gasteiger partial charge on any atom is -0.458 e. The first-order valence-electron chi connectivity index (χ1n) is 15.8. The first-order valence-corrected chi connectivity index (χ1v) is 17.3. The van der Waals surface area contributed by atoms with Crippen molar-refractivity contribution < 1.29 is 58.3 Å². The minimum absolute atomic E-state index is 0.0867. The number of carbonyl (C=O) groups is 1. The van der Waals surface area contributed by atoms with Crippen molar-refractivity contribution in [1.82, 2.24) is 0 Å². The largest absolute Gasteiger partial charge is 0.472 e. The molecule has 1 aliphatic rings. The number of hydrogen-bond acceptors (Lipinski definition) is 11. The van der Waals surface area contributed by atoms with Crippen molar-refractivity contribution >= 4 is 13.8 Å². The maximum absolute atomic E-state index is 12.4. The first kappa shape index (κ1) is 39.4. The van der Waals surface area contributed by atoms with Gasteiger partial charge >= 0.3 is 13.8 Å². The maximum Gasteiger partial charge on any atom is 0.472 e. The van der Waals surface area contributed by atoms with Crippen LogP contribution in [0.2, 0.25) is 0 Å². The fourth-order valence-corrected chi connectivity index (χ4v) is 5.97. The molecule has 13 heteroatoms. The number of rotatable bonds is 25. The van der Waals surface area contributed by atoms with Crippen LogP contribution in [0.5, 0.6) is 0 Å². The van der Waals surface area contributed by atoms with E-state index in [1.165, 1.54) is 90.4 Å². The van der Waals surface area contributed by atoms with Gasteiger partial charge in [0.05, 0.1) is 13.2 Å². The quantitative estimate of drug-likeness (QED) is 0.0490. The molecule has 0 aromatic rings. The number of phosphoric acid groups is 1. The number of ether oxygens (including phenoxy) is 2. The van der Waals surface area contributed by atoms with Crippen molar-refractivity contribution in [2.75, 3.05) is 19.8 Å². The SMILES string of the molecule is CCCCCCCCCCCCCCCCCCOCC(COP(=O)(O)OC1[C@H](O)[C@H](O)C(O)[C@H](O)[C@H]1O)OC(C)=O. The van der Waals surface area contributed by atoms with Gasteiger partial charge in [-0.15, -0.1) is 0 Å². The summed E-state index contributed by atoms with van der Waals surface area (Å²) in [5.74, 6) is -0.651. The Bertz CT molecular complexity index is 725. The summed E-state index contributed by atoms with van der Waals surface area (Å²) in [6.45, 7) is 3.16. The third-order valence-electron chi connectivity index (χ3n) is 7.53. The second-order valence-electron chi connectivity index (χ2n) is 11.4. The molecule has 4 unspecified atom stereocenters.